The molecule has 0 fully saturated rings. The van der Waals surface area contributed by atoms with E-state index in [4.69, 9.17) is 10.8 Å². The van der Waals surface area contributed by atoms with E-state index < -0.39 is 33.5 Å². The Morgan fingerprint density at radius 3 is 2.62 bits per heavy atom. The van der Waals surface area contributed by atoms with Crippen molar-refractivity contribution in [3.8, 4) is 5.69 Å². The van der Waals surface area contributed by atoms with Crippen molar-refractivity contribution in [2.24, 2.45) is 0 Å². The number of aromatic nitrogens is 3. The van der Waals surface area contributed by atoms with Crippen molar-refractivity contribution in [2.45, 2.75) is 0 Å². The average Bonchev–Trinajstić information content (AvgIpc) is 2.37. The Hall–Kier alpha value is -3.50. The van der Waals surface area contributed by atoms with Crippen molar-refractivity contribution in [3.63, 3.8) is 0 Å². The zero-order valence-corrected chi connectivity index (χ0v) is 10.1. The molecule has 1 aromatic heterocycles. The first-order valence-corrected chi connectivity index (χ1v) is 5.32. The Morgan fingerprint density at radius 2 is 2.05 bits per heavy atom. The maximum absolute atomic E-state index is 11.6. The number of anilines is 1. The quantitative estimate of drug-likeness (QED) is 0.371. The number of carboxylic acids is 1. The zero-order valence-electron chi connectivity index (χ0n) is 10.1. The van der Waals surface area contributed by atoms with Gasteiger partial charge in [0, 0.05) is 17.8 Å². The summed E-state index contributed by atoms with van der Waals surface area (Å²) >= 11 is 0. The molecular formula is C10H7N5O6. The van der Waals surface area contributed by atoms with Crippen LogP contribution in [0.5, 0.6) is 0 Å². The van der Waals surface area contributed by atoms with Gasteiger partial charge in [0.1, 0.15) is 0 Å². The Bertz CT molecular complexity index is 867. The molecule has 0 aliphatic heterocycles. The van der Waals surface area contributed by atoms with Gasteiger partial charge in [-0.05, 0) is 6.07 Å². The zero-order chi connectivity index (χ0) is 15.7. The molecule has 21 heavy (non-hydrogen) atoms. The minimum atomic E-state index is -1.65. The number of aromatic carboxylic acids is 1. The molecule has 0 radical (unpaired) electrons. The lowest BCUT2D eigenvalue weighted by atomic mass is 10.2. The Balaban J connectivity index is 2.75. The number of non-ortho nitro benzene ring substituents is 1. The van der Waals surface area contributed by atoms with Gasteiger partial charge < -0.3 is 10.8 Å². The monoisotopic (exact) mass is 293 g/mol. The molecule has 2 rings (SSSR count). The van der Waals surface area contributed by atoms with Crippen LogP contribution in [0.15, 0.2) is 27.8 Å². The van der Waals surface area contributed by atoms with E-state index >= 15 is 0 Å². The van der Waals surface area contributed by atoms with Crippen molar-refractivity contribution >= 4 is 17.3 Å². The fourth-order valence-electron chi connectivity index (χ4n) is 1.56. The molecule has 4 N–H and O–H groups in total. The number of nitrogens with one attached hydrogen (secondary N) is 1. The second kappa shape index (κ2) is 4.88. The van der Waals surface area contributed by atoms with E-state index in [0.717, 1.165) is 12.1 Å². The van der Waals surface area contributed by atoms with Gasteiger partial charge in [-0.3, -0.25) is 19.9 Å². The van der Waals surface area contributed by atoms with E-state index in [9.17, 15) is 24.5 Å². The molecule has 0 unspecified atom stereocenters. The third kappa shape index (κ3) is 2.60. The van der Waals surface area contributed by atoms with Crippen molar-refractivity contribution in [1.29, 1.82) is 0 Å². The summed E-state index contributed by atoms with van der Waals surface area (Å²) in [6, 6.07) is 3.19. The second-order valence-corrected chi connectivity index (χ2v) is 3.86. The predicted molar refractivity (Wildman–Crippen MR) is 68.5 cm³/mol. The van der Waals surface area contributed by atoms with Crippen LogP contribution in [0, 0.1) is 10.1 Å². The fourth-order valence-corrected chi connectivity index (χ4v) is 1.56. The maximum Gasteiger partial charge on any atom is 0.362 e. The molecule has 108 valence electrons. The van der Waals surface area contributed by atoms with Crippen LogP contribution >= 0.6 is 0 Å². The molecule has 0 saturated heterocycles. The normalized spacial score (nSPS) is 10.3. The highest BCUT2D eigenvalue weighted by Gasteiger charge is 2.17. The van der Waals surface area contributed by atoms with Gasteiger partial charge in [0.05, 0.1) is 10.6 Å². The van der Waals surface area contributed by atoms with Gasteiger partial charge >= 0.3 is 11.7 Å². The van der Waals surface area contributed by atoms with Gasteiger partial charge in [-0.1, -0.05) is 0 Å². The first-order valence-electron chi connectivity index (χ1n) is 5.32. The average molecular weight is 293 g/mol. The highest BCUT2D eigenvalue weighted by Crippen LogP contribution is 2.20. The number of nitrogen functional groups attached to an aromatic ring is 1. The number of carboxylic acid groups (broad SMARTS) is 1. The van der Waals surface area contributed by atoms with Gasteiger partial charge in [0.2, 0.25) is 5.69 Å². The van der Waals surface area contributed by atoms with Crippen molar-refractivity contribution in [3.05, 3.63) is 54.8 Å². The number of hydrogen-bond donors (Lipinski definition) is 3. The highest BCUT2D eigenvalue weighted by atomic mass is 16.6. The SMILES string of the molecule is Nc1cc(-n2nc(C(=O)O)c(=O)[nH]c2=O)cc([N+](=O)[O-])c1. The standard InChI is InChI=1S/C10H7N5O6/c11-4-1-5(3-6(2-4)15(20)21)14-10(19)12-8(16)7(13-14)9(17)18/h1-3H,11H2,(H,17,18)(H,12,16,19). The number of nitro benzene ring substituents is 1. The van der Waals surface area contributed by atoms with E-state index in [0.29, 0.717) is 4.68 Å². The predicted octanol–water partition coefficient (Wildman–Crippen LogP) is -0.891. The summed E-state index contributed by atoms with van der Waals surface area (Å²) in [5, 5.41) is 22.9. The van der Waals surface area contributed by atoms with Crippen LogP contribution < -0.4 is 17.0 Å². The largest absolute Gasteiger partial charge is 0.476 e. The van der Waals surface area contributed by atoms with Gasteiger partial charge in [-0.15, -0.1) is 0 Å². The molecule has 11 heteroatoms. The number of nitrogens with zero attached hydrogens (tertiary/aromatic N) is 3. The lowest BCUT2D eigenvalue weighted by Gasteiger charge is -2.05. The van der Waals surface area contributed by atoms with E-state index in [1.807, 2.05) is 0 Å². The number of aromatic amines is 1. The number of carbonyl (C=O) groups is 1. The summed E-state index contributed by atoms with van der Waals surface area (Å²) in [6.07, 6.45) is 0. The van der Waals surface area contributed by atoms with E-state index in [2.05, 4.69) is 5.10 Å². The topological polar surface area (TPSA) is 174 Å². The summed E-state index contributed by atoms with van der Waals surface area (Å²) in [4.78, 5) is 45.5. The summed E-state index contributed by atoms with van der Waals surface area (Å²) in [5.41, 5.74) is 1.72. The molecule has 11 nitrogen and oxygen atoms in total. The van der Waals surface area contributed by atoms with Crippen LogP contribution in [-0.4, -0.2) is 30.8 Å². The summed E-state index contributed by atoms with van der Waals surface area (Å²) < 4.78 is 0.508. The van der Waals surface area contributed by atoms with Crippen LogP contribution in [0.1, 0.15) is 10.5 Å². The molecule has 0 aliphatic carbocycles. The van der Waals surface area contributed by atoms with Crippen LogP contribution in [0.4, 0.5) is 11.4 Å². The van der Waals surface area contributed by atoms with Crippen LogP contribution in [-0.2, 0) is 0 Å². The van der Waals surface area contributed by atoms with E-state index in [-0.39, 0.29) is 11.4 Å². The minimum Gasteiger partial charge on any atom is -0.476 e. The fraction of sp³-hybridized carbons (Fsp3) is 0. The molecule has 1 heterocycles. The molecule has 0 spiro atoms. The number of rotatable bonds is 3. The Kier molecular flexibility index (Phi) is 3.24. The number of nitrogens with two attached hydrogens (primary N) is 1. The maximum atomic E-state index is 11.6. The molecule has 0 aliphatic rings. The van der Waals surface area contributed by atoms with Crippen LogP contribution in [0.2, 0.25) is 0 Å². The second-order valence-electron chi connectivity index (χ2n) is 3.86. The first kappa shape index (κ1) is 13.9. The van der Waals surface area contributed by atoms with Crippen molar-refractivity contribution in [1.82, 2.24) is 14.8 Å². The molecule has 0 bridgehead atoms. The highest BCUT2D eigenvalue weighted by molar-refractivity contribution is 5.84. The third-order valence-corrected chi connectivity index (χ3v) is 2.41. The number of hydrogen-bond acceptors (Lipinski definition) is 7. The summed E-state index contributed by atoms with van der Waals surface area (Å²) in [5.74, 6) is -1.65. The van der Waals surface area contributed by atoms with Gasteiger partial charge in [0.25, 0.3) is 11.2 Å². The third-order valence-electron chi connectivity index (χ3n) is 2.41. The van der Waals surface area contributed by atoms with Crippen molar-refractivity contribution in [2.75, 3.05) is 5.73 Å². The van der Waals surface area contributed by atoms with Crippen LogP contribution in [0.3, 0.4) is 0 Å². The lowest BCUT2D eigenvalue weighted by molar-refractivity contribution is -0.384. The number of nitro groups is 1. The smallest absolute Gasteiger partial charge is 0.362 e. The molecular weight excluding hydrogens is 286 g/mol. The number of H-pyrrole nitrogens is 1. The van der Waals surface area contributed by atoms with Gasteiger partial charge in [0.15, 0.2) is 0 Å². The Labute approximate surface area is 114 Å². The Morgan fingerprint density at radius 1 is 1.38 bits per heavy atom. The van der Waals surface area contributed by atoms with Crippen LogP contribution in [0.25, 0.3) is 5.69 Å². The molecule has 1 aromatic carbocycles. The minimum absolute atomic E-state index is 0.0315. The van der Waals surface area contributed by atoms with E-state index in [1.54, 1.807) is 4.98 Å². The molecule has 0 saturated carbocycles. The van der Waals surface area contributed by atoms with Gasteiger partial charge in [-0.25, -0.2) is 9.59 Å². The summed E-state index contributed by atoms with van der Waals surface area (Å²) in [7, 11) is 0. The molecule has 0 amide bonds. The first-order chi connectivity index (χ1) is 9.79. The molecule has 0 atom stereocenters. The number of benzene rings is 1. The summed E-state index contributed by atoms with van der Waals surface area (Å²) in [6.45, 7) is 0. The molecule has 2 aromatic rings. The van der Waals surface area contributed by atoms with Crippen molar-refractivity contribution < 1.29 is 14.8 Å². The van der Waals surface area contributed by atoms with E-state index in [1.165, 1.54) is 6.07 Å². The lowest BCUT2D eigenvalue weighted by Crippen LogP contribution is -2.35. The van der Waals surface area contributed by atoms with Gasteiger partial charge in [-0.2, -0.15) is 9.78 Å².